The van der Waals surface area contributed by atoms with Crippen LogP contribution in [-0.4, -0.2) is 36.4 Å². The zero-order chi connectivity index (χ0) is 20.0. The molecule has 156 valence electrons. The maximum absolute atomic E-state index is 13.8. The number of rotatable bonds is 5. The van der Waals surface area contributed by atoms with Crippen LogP contribution in [0.15, 0.2) is 24.3 Å². The molecule has 1 N–H and O–H groups in total. The number of nitrogens with zero attached hydrogens (tertiary/aromatic N) is 1. The largest absolute Gasteiger partial charge is 0.380 e. The Hall–Kier alpha value is -1.88. The molecule has 0 radical (unpaired) electrons. The molecule has 1 heterocycles. The summed E-state index contributed by atoms with van der Waals surface area (Å²) < 4.78 is 5.26. The SMILES string of the molecule is COCc1ccccc1NC(=O)[C@H]1CCCN1C(=O)C12CC3CC(CC(C3)C1)C2. The summed E-state index contributed by atoms with van der Waals surface area (Å²) in [5.74, 6) is 2.44. The van der Waals surface area contributed by atoms with E-state index in [0.29, 0.717) is 6.61 Å². The quantitative estimate of drug-likeness (QED) is 0.819. The fourth-order valence-electron chi connectivity index (χ4n) is 7.10. The van der Waals surface area contributed by atoms with Crippen LogP contribution < -0.4 is 5.32 Å². The number of para-hydroxylation sites is 1. The van der Waals surface area contributed by atoms with Gasteiger partial charge in [0.15, 0.2) is 0 Å². The van der Waals surface area contributed by atoms with Crippen LogP contribution in [0.3, 0.4) is 0 Å². The van der Waals surface area contributed by atoms with Crippen molar-refractivity contribution in [3.05, 3.63) is 29.8 Å². The van der Waals surface area contributed by atoms with Crippen molar-refractivity contribution in [2.45, 2.75) is 64.0 Å². The molecule has 5 fully saturated rings. The van der Waals surface area contributed by atoms with Gasteiger partial charge in [-0.2, -0.15) is 0 Å². The van der Waals surface area contributed by atoms with E-state index < -0.39 is 0 Å². The number of carbonyl (C=O) groups is 2. The van der Waals surface area contributed by atoms with Crippen molar-refractivity contribution in [3.8, 4) is 0 Å². The highest BCUT2D eigenvalue weighted by atomic mass is 16.5. The van der Waals surface area contributed by atoms with Gasteiger partial charge in [0, 0.05) is 24.9 Å². The number of amides is 2. The van der Waals surface area contributed by atoms with Crippen LogP contribution in [0.4, 0.5) is 5.69 Å². The molecule has 6 rings (SSSR count). The fourth-order valence-corrected chi connectivity index (χ4v) is 7.10. The minimum Gasteiger partial charge on any atom is -0.380 e. The second kappa shape index (κ2) is 7.42. The van der Waals surface area contributed by atoms with E-state index in [1.165, 1.54) is 19.3 Å². The van der Waals surface area contributed by atoms with Gasteiger partial charge in [-0.1, -0.05) is 18.2 Å². The molecule has 2 amide bonds. The van der Waals surface area contributed by atoms with E-state index in [1.807, 2.05) is 29.2 Å². The molecule has 5 aliphatic rings. The Bertz CT molecular complexity index is 770. The van der Waals surface area contributed by atoms with Gasteiger partial charge in [0.1, 0.15) is 6.04 Å². The molecule has 0 unspecified atom stereocenters. The lowest BCUT2D eigenvalue weighted by Crippen LogP contribution is -2.56. The number of carbonyl (C=O) groups excluding carboxylic acids is 2. The Labute approximate surface area is 173 Å². The number of nitrogens with one attached hydrogen (secondary N) is 1. The summed E-state index contributed by atoms with van der Waals surface area (Å²) in [5, 5.41) is 3.08. The van der Waals surface area contributed by atoms with Crippen molar-refractivity contribution < 1.29 is 14.3 Å². The summed E-state index contributed by atoms with van der Waals surface area (Å²) in [4.78, 5) is 28.9. The Morgan fingerprint density at radius 3 is 2.41 bits per heavy atom. The predicted octanol–water partition coefficient (Wildman–Crippen LogP) is 3.98. The van der Waals surface area contributed by atoms with E-state index >= 15 is 0 Å². The first-order valence-electron chi connectivity index (χ1n) is 11.3. The standard InChI is InChI=1S/C24H32N2O3/c1-29-15-19-5-2-3-6-20(19)25-22(27)21-7-4-8-26(21)23(28)24-12-16-9-17(13-24)11-18(10-16)14-24/h2-3,5-6,16-18,21H,4,7-15H2,1H3,(H,25,27)/t16?,17?,18?,21-,24?/m1/s1. The van der Waals surface area contributed by atoms with Gasteiger partial charge in [0.05, 0.1) is 12.0 Å². The highest BCUT2D eigenvalue weighted by Crippen LogP contribution is 2.60. The molecular formula is C24H32N2O3. The Morgan fingerprint density at radius 1 is 1.10 bits per heavy atom. The van der Waals surface area contributed by atoms with Crippen molar-refractivity contribution >= 4 is 17.5 Å². The fraction of sp³-hybridized carbons (Fsp3) is 0.667. The van der Waals surface area contributed by atoms with Gasteiger partial charge in [-0.05, 0) is 75.2 Å². The topological polar surface area (TPSA) is 58.6 Å². The van der Waals surface area contributed by atoms with Gasteiger partial charge in [-0.25, -0.2) is 0 Å². The van der Waals surface area contributed by atoms with Gasteiger partial charge in [0.2, 0.25) is 11.8 Å². The van der Waals surface area contributed by atoms with E-state index in [-0.39, 0.29) is 23.3 Å². The highest BCUT2D eigenvalue weighted by molar-refractivity contribution is 5.98. The first-order valence-corrected chi connectivity index (χ1v) is 11.3. The molecule has 1 aromatic carbocycles. The zero-order valence-corrected chi connectivity index (χ0v) is 17.4. The minimum absolute atomic E-state index is 0.0517. The second-order valence-corrected chi connectivity index (χ2v) is 9.93. The minimum atomic E-state index is -0.342. The molecule has 5 heteroatoms. The van der Waals surface area contributed by atoms with Gasteiger partial charge >= 0.3 is 0 Å². The number of anilines is 1. The van der Waals surface area contributed by atoms with Crippen molar-refractivity contribution in [2.75, 3.05) is 19.0 Å². The van der Waals surface area contributed by atoms with Gasteiger partial charge < -0.3 is 15.0 Å². The first kappa shape index (κ1) is 19.1. The zero-order valence-electron chi connectivity index (χ0n) is 17.4. The molecule has 1 aromatic rings. The lowest BCUT2D eigenvalue weighted by Gasteiger charge is -2.56. The lowest BCUT2D eigenvalue weighted by atomic mass is 9.49. The van der Waals surface area contributed by atoms with Crippen LogP contribution in [0.1, 0.15) is 56.9 Å². The average Bonchev–Trinajstić information content (AvgIpc) is 3.18. The third kappa shape index (κ3) is 3.37. The van der Waals surface area contributed by atoms with E-state index in [9.17, 15) is 9.59 Å². The van der Waals surface area contributed by atoms with Gasteiger partial charge in [0.25, 0.3) is 0 Å². The summed E-state index contributed by atoms with van der Waals surface area (Å²) in [6.07, 6.45) is 8.82. The Balaban J connectivity index is 1.33. The molecular weight excluding hydrogens is 364 g/mol. The van der Waals surface area contributed by atoms with Gasteiger partial charge in [-0.15, -0.1) is 0 Å². The van der Waals surface area contributed by atoms with Gasteiger partial charge in [-0.3, -0.25) is 9.59 Å². The molecule has 4 aliphatic carbocycles. The molecule has 0 spiro atoms. The summed E-state index contributed by atoms with van der Waals surface area (Å²) in [6.45, 7) is 1.18. The molecule has 1 saturated heterocycles. The number of methoxy groups -OCH3 is 1. The van der Waals surface area contributed by atoms with Crippen molar-refractivity contribution in [3.63, 3.8) is 0 Å². The Morgan fingerprint density at radius 2 is 1.76 bits per heavy atom. The first-order chi connectivity index (χ1) is 14.1. The normalized spacial score (nSPS) is 35.1. The number of hydrogen-bond donors (Lipinski definition) is 1. The van der Waals surface area contributed by atoms with E-state index in [0.717, 1.165) is 67.7 Å². The maximum Gasteiger partial charge on any atom is 0.247 e. The molecule has 4 bridgehead atoms. The molecule has 0 aromatic heterocycles. The maximum atomic E-state index is 13.8. The summed E-state index contributed by atoms with van der Waals surface area (Å²) in [6, 6.07) is 7.40. The third-order valence-electron chi connectivity index (χ3n) is 7.88. The van der Waals surface area contributed by atoms with E-state index in [4.69, 9.17) is 4.74 Å². The summed E-state index contributed by atoms with van der Waals surface area (Å²) >= 11 is 0. The second-order valence-electron chi connectivity index (χ2n) is 9.93. The number of benzene rings is 1. The van der Waals surface area contributed by atoms with Crippen molar-refractivity contribution in [1.29, 1.82) is 0 Å². The molecule has 1 aliphatic heterocycles. The van der Waals surface area contributed by atoms with Crippen LogP contribution in [0.25, 0.3) is 0 Å². The molecule has 4 saturated carbocycles. The van der Waals surface area contributed by atoms with Crippen LogP contribution in [-0.2, 0) is 20.9 Å². The molecule has 5 nitrogen and oxygen atoms in total. The number of ether oxygens (including phenoxy) is 1. The predicted molar refractivity (Wildman–Crippen MR) is 111 cm³/mol. The summed E-state index contributed by atoms with van der Waals surface area (Å²) in [5.41, 5.74) is 1.57. The number of likely N-dealkylation sites (tertiary alicyclic amines) is 1. The number of hydrogen-bond acceptors (Lipinski definition) is 3. The van der Waals surface area contributed by atoms with E-state index in [2.05, 4.69) is 5.32 Å². The van der Waals surface area contributed by atoms with Crippen LogP contribution in [0, 0.1) is 23.2 Å². The molecule has 1 atom stereocenters. The van der Waals surface area contributed by atoms with Crippen LogP contribution >= 0.6 is 0 Å². The average molecular weight is 397 g/mol. The molecule has 29 heavy (non-hydrogen) atoms. The Kier molecular flexibility index (Phi) is 4.89. The van der Waals surface area contributed by atoms with Crippen molar-refractivity contribution in [2.24, 2.45) is 23.2 Å². The van der Waals surface area contributed by atoms with Crippen molar-refractivity contribution in [1.82, 2.24) is 4.90 Å². The monoisotopic (exact) mass is 396 g/mol. The summed E-state index contributed by atoms with van der Waals surface area (Å²) in [7, 11) is 1.65. The highest BCUT2D eigenvalue weighted by Gasteiger charge is 2.56. The van der Waals surface area contributed by atoms with Crippen LogP contribution in [0.2, 0.25) is 0 Å². The third-order valence-corrected chi connectivity index (χ3v) is 7.88. The van der Waals surface area contributed by atoms with Crippen LogP contribution in [0.5, 0.6) is 0 Å². The van der Waals surface area contributed by atoms with E-state index in [1.54, 1.807) is 7.11 Å². The smallest absolute Gasteiger partial charge is 0.247 e. The lowest BCUT2D eigenvalue weighted by molar-refractivity contribution is -0.160.